The molecule has 4 N–H and O–H groups in total. The average molecular weight is 326 g/mol. The zero-order valence-electron chi connectivity index (χ0n) is 12.1. The topological polar surface area (TPSA) is 119 Å². The zero-order chi connectivity index (χ0) is 16.2. The van der Waals surface area contributed by atoms with Gasteiger partial charge in [-0.1, -0.05) is 6.08 Å². The maximum Gasteiger partial charge on any atom is 0.226 e. The summed E-state index contributed by atoms with van der Waals surface area (Å²) in [7, 11) is 0. The number of fused-ring (bicyclic) bond motifs is 1. The van der Waals surface area contributed by atoms with Crippen molar-refractivity contribution in [3.8, 4) is 0 Å². The minimum Gasteiger partial charge on any atom is -0.385 e. The van der Waals surface area contributed by atoms with Crippen molar-refractivity contribution in [1.82, 2.24) is 19.5 Å². The highest BCUT2D eigenvalue weighted by Gasteiger charge is 2.52. The van der Waals surface area contributed by atoms with Crippen molar-refractivity contribution in [1.29, 1.82) is 0 Å². The second-order valence-corrected chi connectivity index (χ2v) is 5.62. The molecule has 0 aromatic carbocycles. The highest BCUT2D eigenvalue weighted by molar-refractivity contribution is 6.28. The van der Waals surface area contributed by atoms with Crippen molar-refractivity contribution in [2.45, 2.75) is 37.9 Å². The number of aryl methyl sites for hydroxylation is 1. The quantitative estimate of drug-likeness (QED) is 0.545. The predicted molar refractivity (Wildman–Crippen MR) is 80.2 cm³/mol. The fourth-order valence-corrected chi connectivity index (χ4v) is 2.90. The summed E-state index contributed by atoms with van der Waals surface area (Å²) in [6.07, 6.45) is -1.52. The molecule has 3 rings (SSSR count). The van der Waals surface area contributed by atoms with Crippen LogP contribution in [0.2, 0.25) is 5.28 Å². The molecule has 1 saturated heterocycles. The van der Waals surface area contributed by atoms with E-state index < -0.39 is 24.0 Å². The van der Waals surface area contributed by atoms with E-state index in [1.165, 1.54) is 6.08 Å². The van der Waals surface area contributed by atoms with E-state index in [1.807, 2.05) is 0 Å². The predicted octanol–water partition coefficient (Wildman–Crippen LogP) is 0.566. The Bertz CT molecular complexity index is 764. The van der Waals surface area contributed by atoms with E-state index in [0.29, 0.717) is 17.0 Å². The first-order chi connectivity index (χ1) is 10.3. The fraction of sp³-hybridized carbons (Fsp3) is 0.462. The molecule has 0 unspecified atom stereocenters. The molecular weight excluding hydrogens is 310 g/mol. The van der Waals surface area contributed by atoms with E-state index in [4.69, 9.17) is 22.1 Å². The Morgan fingerprint density at radius 2 is 2.14 bits per heavy atom. The van der Waals surface area contributed by atoms with Gasteiger partial charge in [-0.25, -0.2) is 4.98 Å². The summed E-state index contributed by atoms with van der Waals surface area (Å²) < 4.78 is 7.24. The Hall–Kier alpha value is -1.74. The monoisotopic (exact) mass is 325 g/mol. The third-order valence-electron chi connectivity index (χ3n) is 4.04. The molecule has 3 heterocycles. The van der Waals surface area contributed by atoms with Crippen LogP contribution in [0.25, 0.3) is 11.2 Å². The summed E-state index contributed by atoms with van der Waals surface area (Å²) in [6, 6.07) is 0. The van der Waals surface area contributed by atoms with Crippen molar-refractivity contribution in [3.63, 3.8) is 0 Å². The summed E-state index contributed by atoms with van der Waals surface area (Å²) in [4.78, 5) is 12.2. The summed E-state index contributed by atoms with van der Waals surface area (Å²) in [6.45, 7) is 6.92. The number of aliphatic hydroxyl groups excluding tert-OH is 1. The van der Waals surface area contributed by atoms with E-state index in [1.54, 1.807) is 18.4 Å². The van der Waals surface area contributed by atoms with Crippen molar-refractivity contribution >= 4 is 28.6 Å². The van der Waals surface area contributed by atoms with E-state index in [0.717, 1.165) is 0 Å². The second-order valence-electron chi connectivity index (χ2n) is 5.28. The number of nitrogen functional groups attached to an aromatic ring is 1. The van der Waals surface area contributed by atoms with Crippen molar-refractivity contribution in [3.05, 3.63) is 23.8 Å². The lowest BCUT2D eigenvalue weighted by Gasteiger charge is -2.25. The van der Waals surface area contributed by atoms with Crippen LogP contribution in [0.1, 0.15) is 19.0 Å². The molecule has 0 radical (unpaired) electrons. The molecule has 1 fully saturated rings. The van der Waals surface area contributed by atoms with Crippen molar-refractivity contribution in [2.75, 3.05) is 5.73 Å². The maximum absolute atomic E-state index is 10.5. The number of ether oxygens (including phenoxy) is 1. The van der Waals surface area contributed by atoms with Gasteiger partial charge in [-0.2, -0.15) is 9.97 Å². The molecule has 118 valence electrons. The second kappa shape index (κ2) is 4.88. The van der Waals surface area contributed by atoms with E-state index in [-0.39, 0.29) is 11.1 Å². The molecule has 0 bridgehead atoms. The number of anilines is 1. The van der Waals surface area contributed by atoms with Crippen LogP contribution in [0, 0.1) is 6.92 Å². The van der Waals surface area contributed by atoms with Crippen LogP contribution >= 0.6 is 11.6 Å². The Balaban J connectivity index is 2.19. The minimum absolute atomic E-state index is 0.0364. The number of aliphatic hydroxyl groups is 2. The molecule has 2 aromatic heterocycles. The van der Waals surface area contributed by atoms with Gasteiger partial charge in [0.25, 0.3) is 0 Å². The molecule has 1 aliphatic heterocycles. The van der Waals surface area contributed by atoms with E-state index >= 15 is 0 Å². The van der Waals surface area contributed by atoms with Gasteiger partial charge in [0.1, 0.15) is 17.5 Å². The lowest BCUT2D eigenvalue weighted by molar-refractivity contribution is -0.0365. The van der Waals surface area contributed by atoms with Gasteiger partial charge >= 0.3 is 0 Å². The number of nitrogens with zero attached hydrogens (tertiary/aromatic N) is 4. The van der Waals surface area contributed by atoms with E-state index in [2.05, 4.69) is 21.5 Å². The van der Waals surface area contributed by atoms with Crippen LogP contribution in [0.15, 0.2) is 12.7 Å². The first-order valence-corrected chi connectivity index (χ1v) is 7.04. The summed E-state index contributed by atoms with van der Waals surface area (Å²) in [5.41, 5.74) is 4.92. The molecule has 8 nitrogen and oxygen atoms in total. The maximum atomic E-state index is 10.5. The standard InChI is InChI=1S/C13H16ClN5O3/c1-4-13(21)5(2)22-11(8(13)20)19-6(3)16-7-9(15)17-12(14)18-10(7)19/h4-5,8,11,20-21H,1H2,2-3H3,(H2,15,17,18)/t5-,8+,11-,13+/m1/s1. The van der Waals surface area contributed by atoms with Gasteiger partial charge in [0.2, 0.25) is 5.28 Å². The molecule has 4 atom stereocenters. The first-order valence-electron chi connectivity index (χ1n) is 6.66. The molecule has 1 aliphatic rings. The van der Waals surface area contributed by atoms with E-state index in [9.17, 15) is 10.2 Å². The molecule has 0 spiro atoms. The number of nitrogens with two attached hydrogens (primary N) is 1. The number of imidazole rings is 1. The SMILES string of the molecule is C=C[C@]1(O)[C@@H](C)O[C@@H](n2c(C)nc3c(N)nc(Cl)nc32)[C@@H]1O. The number of aromatic nitrogens is 4. The summed E-state index contributed by atoms with van der Waals surface area (Å²) in [5.74, 6) is 0.638. The molecule has 9 heteroatoms. The third kappa shape index (κ3) is 1.92. The third-order valence-corrected chi connectivity index (χ3v) is 4.20. The summed E-state index contributed by atoms with van der Waals surface area (Å²) >= 11 is 5.85. The molecule has 0 saturated carbocycles. The largest absolute Gasteiger partial charge is 0.385 e. The molecular formula is C13H16ClN5O3. The van der Waals surface area contributed by atoms with Gasteiger partial charge in [-0.05, 0) is 25.4 Å². The van der Waals surface area contributed by atoms with Gasteiger partial charge < -0.3 is 20.7 Å². The van der Waals surface area contributed by atoms with Gasteiger partial charge in [0.05, 0.1) is 6.10 Å². The smallest absolute Gasteiger partial charge is 0.226 e. The zero-order valence-corrected chi connectivity index (χ0v) is 12.8. The molecule has 0 amide bonds. The summed E-state index contributed by atoms with van der Waals surface area (Å²) in [5, 5.41) is 20.9. The van der Waals surface area contributed by atoms with Crippen LogP contribution in [0.3, 0.4) is 0 Å². The lowest BCUT2D eigenvalue weighted by Crippen LogP contribution is -2.44. The minimum atomic E-state index is -1.57. The van der Waals surface area contributed by atoms with Crippen LogP contribution in [0.5, 0.6) is 0 Å². The Labute approximate surface area is 131 Å². The van der Waals surface area contributed by atoms with Crippen LogP contribution < -0.4 is 5.73 Å². The normalized spacial score (nSPS) is 31.8. The van der Waals surface area contributed by atoms with Gasteiger partial charge in [-0.3, -0.25) is 4.57 Å². The number of halogens is 1. The number of hydrogen-bond donors (Lipinski definition) is 3. The highest BCUT2D eigenvalue weighted by Crippen LogP contribution is 2.40. The Morgan fingerprint density at radius 1 is 1.45 bits per heavy atom. The fourth-order valence-electron chi connectivity index (χ4n) is 2.73. The van der Waals surface area contributed by atoms with Crippen LogP contribution in [-0.4, -0.2) is 47.5 Å². The number of rotatable bonds is 2. The van der Waals surface area contributed by atoms with Crippen LogP contribution in [0.4, 0.5) is 5.82 Å². The van der Waals surface area contributed by atoms with Gasteiger partial charge in [0.15, 0.2) is 23.2 Å². The average Bonchev–Trinajstić information content (AvgIpc) is 2.89. The molecule has 2 aromatic rings. The van der Waals surface area contributed by atoms with Gasteiger partial charge in [0, 0.05) is 0 Å². The highest BCUT2D eigenvalue weighted by atomic mass is 35.5. The van der Waals surface area contributed by atoms with Crippen molar-refractivity contribution < 1.29 is 14.9 Å². The molecule has 22 heavy (non-hydrogen) atoms. The van der Waals surface area contributed by atoms with Crippen molar-refractivity contribution in [2.24, 2.45) is 0 Å². The van der Waals surface area contributed by atoms with Crippen LogP contribution in [-0.2, 0) is 4.74 Å². The lowest BCUT2D eigenvalue weighted by atomic mass is 9.93. The number of hydrogen-bond acceptors (Lipinski definition) is 7. The molecule has 0 aliphatic carbocycles. The Kier molecular flexibility index (Phi) is 3.37. The van der Waals surface area contributed by atoms with Gasteiger partial charge in [-0.15, -0.1) is 6.58 Å². The Morgan fingerprint density at radius 3 is 2.73 bits per heavy atom. The first kappa shape index (κ1) is 15.2.